The van der Waals surface area contributed by atoms with Gasteiger partial charge in [0.2, 0.25) is 5.95 Å². The Labute approximate surface area is 103 Å². The zero-order valence-electron chi connectivity index (χ0n) is 9.45. The van der Waals surface area contributed by atoms with E-state index in [4.69, 9.17) is 17.3 Å². The third-order valence-corrected chi connectivity index (χ3v) is 3.76. The molecular weight excluding hydrogens is 241 g/mol. The van der Waals surface area contributed by atoms with Crippen molar-refractivity contribution < 1.29 is 4.39 Å². The number of fused-ring (bicyclic) bond motifs is 1. The van der Waals surface area contributed by atoms with E-state index in [9.17, 15) is 4.39 Å². The molecule has 0 bridgehead atoms. The number of imidazole rings is 1. The van der Waals surface area contributed by atoms with Gasteiger partial charge in [0.25, 0.3) is 0 Å². The molecule has 0 amide bonds. The van der Waals surface area contributed by atoms with Gasteiger partial charge in [0, 0.05) is 12.1 Å². The Morgan fingerprint density at radius 3 is 2.88 bits per heavy atom. The van der Waals surface area contributed by atoms with Crippen molar-refractivity contribution in [2.75, 3.05) is 5.73 Å². The average molecular weight is 254 g/mol. The Kier molecular flexibility index (Phi) is 2.30. The van der Waals surface area contributed by atoms with E-state index in [2.05, 4.69) is 11.9 Å². The summed E-state index contributed by atoms with van der Waals surface area (Å²) in [5, 5.41) is 0.0845. The normalized spacial score (nSPS) is 17.6. The van der Waals surface area contributed by atoms with Crippen LogP contribution in [0.4, 0.5) is 10.3 Å². The van der Waals surface area contributed by atoms with Crippen molar-refractivity contribution in [2.24, 2.45) is 5.92 Å². The first kappa shape index (κ1) is 10.8. The summed E-state index contributed by atoms with van der Waals surface area (Å²) in [4.78, 5) is 4.24. The Morgan fingerprint density at radius 2 is 2.24 bits per heavy atom. The van der Waals surface area contributed by atoms with Gasteiger partial charge < -0.3 is 10.3 Å². The van der Waals surface area contributed by atoms with Gasteiger partial charge in [-0.1, -0.05) is 11.6 Å². The maximum Gasteiger partial charge on any atom is 0.201 e. The summed E-state index contributed by atoms with van der Waals surface area (Å²) in [5.41, 5.74) is 7.29. The molecule has 1 aromatic heterocycles. The van der Waals surface area contributed by atoms with Crippen molar-refractivity contribution in [1.82, 2.24) is 9.55 Å². The maximum absolute atomic E-state index is 13.5. The quantitative estimate of drug-likeness (QED) is 0.892. The summed E-state index contributed by atoms with van der Waals surface area (Å²) >= 11 is 5.74. The van der Waals surface area contributed by atoms with Crippen molar-refractivity contribution in [3.8, 4) is 0 Å². The first-order chi connectivity index (χ1) is 8.08. The number of halogens is 2. The molecule has 90 valence electrons. The number of hydrogen-bond donors (Lipinski definition) is 1. The summed E-state index contributed by atoms with van der Waals surface area (Å²) in [6.45, 7) is 2.10. The van der Waals surface area contributed by atoms with Gasteiger partial charge in [0.1, 0.15) is 5.82 Å². The molecule has 0 aliphatic heterocycles. The number of nitrogens with two attached hydrogens (primary N) is 1. The highest BCUT2D eigenvalue weighted by molar-refractivity contribution is 6.31. The van der Waals surface area contributed by atoms with Crippen molar-refractivity contribution in [2.45, 2.75) is 25.8 Å². The molecule has 2 N–H and O–H groups in total. The van der Waals surface area contributed by atoms with Gasteiger partial charge in [-0.05, 0) is 31.7 Å². The highest BCUT2D eigenvalue weighted by Gasteiger charge is 2.31. The second-order valence-electron chi connectivity index (χ2n) is 4.67. The van der Waals surface area contributed by atoms with E-state index < -0.39 is 5.82 Å². The summed E-state index contributed by atoms with van der Waals surface area (Å²) in [6, 6.07) is 3.21. The first-order valence-corrected chi connectivity index (χ1v) is 6.08. The fraction of sp³-hybridized carbons (Fsp3) is 0.417. The van der Waals surface area contributed by atoms with Gasteiger partial charge in [-0.2, -0.15) is 0 Å². The van der Waals surface area contributed by atoms with Gasteiger partial charge in [-0.3, -0.25) is 0 Å². The molecule has 0 radical (unpaired) electrons. The van der Waals surface area contributed by atoms with E-state index in [-0.39, 0.29) is 11.1 Å². The predicted molar refractivity (Wildman–Crippen MR) is 66.5 cm³/mol. The molecular formula is C12H13ClFN3. The molecule has 1 aliphatic carbocycles. The van der Waals surface area contributed by atoms with E-state index >= 15 is 0 Å². The van der Waals surface area contributed by atoms with Crippen LogP contribution in [0.3, 0.4) is 0 Å². The van der Waals surface area contributed by atoms with Crippen LogP contribution in [0.2, 0.25) is 5.02 Å². The summed E-state index contributed by atoms with van der Waals surface area (Å²) in [6.07, 6.45) is 2.41. The molecule has 1 fully saturated rings. The van der Waals surface area contributed by atoms with Crippen molar-refractivity contribution in [3.05, 3.63) is 23.0 Å². The van der Waals surface area contributed by atoms with E-state index in [0.717, 1.165) is 5.52 Å². The fourth-order valence-corrected chi connectivity index (χ4v) is 2.48. The summed E-state index contributed by atoms with van der Waals surface area (Å²) in [7, 11) is 0. The van der Waals surface area contributed by atoms with Gasteiger partial charge in [-0.15, -0.1) is 0 Å². The Bertz CT molecular complexity index is 589. The lowest BCUT2D eigenvalue weighted by Crippen LogP contribution is -2.10. The standard InChI is InChI=1S/C12H13ClFN3/c1-6(7-2-3-7)17-11-5-9(14)8(13)4-10(11)16-12(17)15/h4-7H,2-3H2,1H3,(H2,15,16). The molecule has 1 aromatic carbocycles. The van der Waals surface area contributed by atoms with Crippen LogP contribution in [0.1, 0.15) is 25.8 Å². The van der Waals surface area contributed by atoms with Crippen LogP contribution in [0, 0.1) is 11.7 Å². The molecule has 1 aliphatic rings. The van der Waals surface area contributed by atoms with E-state index in [1.807, 2.05) is 4.57 Å². The topological polar surface area (TPSA) is 43.8 Å². The SMILES string of the molecule is CC(C1CC1)n1c(N)nc2cc(Cl)c(F)cc21. The fourth-order valence-electron chi connectivity index (χ4n) is 2.33. The highest BCUT2D eigenvalue weighted by atomic mass is 35.5. The van der Waals surface area contributed by atoms with Crippen LogP contribution in [0.5, 0.6) is 0 Å². The predicted octanol–water partition coefficient (Wildman–Crippen LogP) is 3.38. The van der Waals surface area contributed by atoms with Gasteiger partial charge in [0.15, 0.2) is 0 Å². The largest absolute Gasteiger partial charge is 0.369 e. The van der Waals surface area contributed by atoms with E-state index in [1.165, 1.54) is 25.0 Å². The molecule has 1 heterocycles. The number of hydrogen-bond acceptors (Lipinski definition) is 2. The molecule has 2 aromatic rings. The molecule has 0 saturated heterocycles. The third-order valence-electron chi connectivity index (χ3n) is 3.47. The summed E-state index contributed by atoms with van der Waals surface area (Å²) < 4.78 is 15.4. The molecule has 3 rings (SSSR count). The second-order valence-corrected chi connectivity index (χ2v) is 5.08. The zero-order chi connectivity index (χ0) is 12.2. The lowest BCUT2D eigenvalue weighted by Gasteiger charge is -2.15. The van der Waals surface area contributed by atoms with Crippen LogP contribution in [-0.2, 0) is 0 Å². The average Bonchev–Trinajstić information content (AvgIpc) is 3.04. The Balaban J connectivity index is 2.22. The smallest absolute Gasteiger partial charge is 0.201 e. The van der Waals surface area contributed by atoms with Gasteiger partial charge in [0.05, 0.1) is 16.1 Å². The molecule has 1 unspecified atom stereocenters. The van der Waals surface area contributed by atoms with Crippen molar-refractivity contribution in [3.63, 3.8) is 0 Å². The maximum atomic E-state index is 13.5. The number of nitrogens with zero attached hydrogens (tertiary/aromatic N) is 2. The van der Waals surface area contributed by atoms with Crippen LogP contribution in [0.25, 0.3) is 11.0 Å². The summed E-state index contributed by atoms with van der Waals surface area (Å²) in [5.74, 6) is 0.637. The minimum absolute atomic E-state index is 0.0845. The highest BCUT2D eigenvalue weighted by Crippen LogP contribution is 2.42. The third kappa shape index (κ3) is 1.67. The van der Waals surface area contributed by atoms with Crippen LogP contribution in [-0.4, -0.2) is 9.55 Å². The number of aromatic nitrogens is 2. The Morgan fingerprint density at radius 1 is 1.53 bits per heavy atom. The second kappa shape index (κ2) is 3.60. The van der Waals surface area contributed by atoms with Crippen molar-refractivity contribution >= 4 is 28.6 Å². The molecule has 3 nitrogen and oxygen atoms in total. The molecule has 17 heavy (non-hydrogen) atoms. The lowest BCUT2D eigenvalue weighted by molar-refractivity contribution is 0.503. The van der Waals surface area contributed by atoms with E-state index in [1.54, 1.807) is 0 Å². The Hall–Kier alpha value is -1.29. The monoisotopic (exact) mass is 253 g/mol. The van der Waals surface area contributed by atoms with Gasteiger partial charge in [-0.25, -0.2) is 9.37 Å². The van der Waals surface area contributed by atoms with Crippen molar-refractivity contribution in [1.29, 1.82) is 0 Å². The number of nitrogen functional groups attached to an aromatic ring is 1. The first-order valence-electron chi connectivity index (χ1n) is 5.70. The molecule has 1 atom stereocenters. The number of benzene rings is 1. The lowest BCUT2D eigenvalue weighted by atomic mass is 10.2. The van der Waals surface area contributed by atoms with E-state index in [0.29, 0.717) is 17.4 Å². The minimum atomic E-state index is -0.427. The van der Waals surface area contributed by atoms with Crippen LogP contribution < -0.4 is 5.73 Å². The number of anilines is 1. The minimum Gasteiger partial charge on any atom is -0.369 e. The number of rotatable bonds is 2. The zero-order valence-corrected chi connectivity index (χ0v) is 10.2. The van der Waals surface area contributed by atoms with Crippen LogP contribution in [0.15, 0.2) is 12.1 Å². The van der Waals surface area contributed by atoms with Crippen LogP contribution >= 0.6 is 11.6 Å². The molecule has 5 heteroatoms. The molecule has 0 spiro atoms. The van der Waals surface area contributed by atoms with Gasteiger partial charge >= 0.3 is 0 Å². The molecule has 1 saturated carbocycles.